The molecule has 0 bridgehead atoms. The molecule has 0 aromatic heterocycles. The van der Waals surface area contributed by atoms with Gasteiger partial charge < -0.3 is 5.32 Å². The Hall–Kier alpha value is 0.210. The third-order valence-electron chi connectivity index (χ3n) is 4.73. The number of piperidine rings is 1. The van der Waals surface area contributed by atoms with Crippen LogP contribution in [0.25, 0.3) is 0 Å². The van der Waals surface area contributed by atoms with E-state index in [1.807, 2.05) is 0 Å². The van der Waals surface area contributed by atoms with Gasteiger partial charge in [0.1, 0.15) is 0 Å². The number of hydrogen-bond acceptors (Lipinski definition) is 2. The van der Waals surface area contributed by atoms with Gasteiger partial charge in [0.2, 0.25) is 0 Å². The summed E-state index contributed by atoms with van der Waals surface area (Å²) in [6.07, 6.45) is 10.3. The van der Waals surface area contributed by atoms with E-state index in [9.17, 15) is 0 Å². The first-order valence-corrected chi connectivity index (χ1v) is 7.36. The van der Waals surface area contributed by atoms with E-state index in [1.165, 1.54) is 71.1 Å². The Morgan fingerprint density at radius 1 is 0.824 bits per heavy atom. The summed E-state index contributed by atoms with van der Waals surface area (Å²) in [7, 11) is 0. The van der Waals surface area contributed by atoms with Crippen molar-refractivity contribution in [2.24, 2.45) is 11.8 Å². The Kier molecular flexibility index (Phi) is 5.13. The number of halogens is 1. The summed E-state index contributed by atoms with van der Waals surface area (Å²) in [6.45, 7) is 5.34. The van der Waals surface area contributed by atoms with Crippen molar-refractivity contribution in [2.45, 2.75) is 51.0 Å². The average Bonchev–Trinajstić information content (AvgIpc) is 3.00. The van der Waals surface area contributed by atoms with Crippen molar-refractivity contribution in [1.29, 1.82) is 0 Å². The summed E-state index contributed by atoms with van der Waals surface area (Å²) >= 11 is 0. The summed E-state index contributed by atoms with van der Waals surface area (Å²) in [4.78, 5) is 2.86. The third kappa shape index (κ3) is 3.84. The molecule has 0 atom stereocenters. The van der Waals surface area contributed by atoms with Gasteiger partial charge in [-0.1, -0.05) is 6.42 Å². The molecule has 2 nitrogen and oxygen atoms in total. The van der Waals surface area contributed by atoms with Gasteiger partial charge in [-0.3, -0.25) is 4.90 Å². The van der Waals surface area contributed by atoms with Gasteiger partial charge in [0.05, 0.1) is 0 Å². The maximum absolute atomic E-state index is 3.48. The molecule has 2 saturated carbocycles. The number of rotatable bonds is 5. The van der Waals surface area contributed by atoms with Gasteiger partial charge in [-0.05, 0) is 63.5 Å². The maximum atomic E-state index is 3.48. The summed E-state index contributed by atoms with van der Waals surface area (Å²) in [5.74, 6) is 2.06. The molecular weight excluding hydrogens is 232 g/mol. The minimum absolute atomic E-state index is 0. The molecule has 0 aromatic carbocycles. The van der Waals surface area contributed by atoms with Crippen molar-refractivity contribution < 1.29 is 0 Å². The summed E-state index contributed by atoms with van der Waals surface area (Å²) in [5.41, 5.74) is 0. The SMILES string of the molecule is C1CC(N(CC2CCNCC2)CC2CC2)C1.Cl. The molecule has 1 saturated heterocycles. The third-order valence-corrected chi connectivity index (χ3v) is 4.73. The van der Waals surface area contributed by atoms with Crippen molar-refractivity contribution in [3.8, 4) is 0 Å². The average molecular weight is 259 g/mol. The highest BCUT2D eigenvalue weighted by Gasteiger charge is 2.32. The van der Waals surface area contributed by atoms with Gasteiger partial charge in [0.15, 0.2) is 0 Å². The van der Waals surface area contributed by atoms with Crippen LogP contribution in [-0.2, 0) is 0 Å². The second-order valence-electron chi connectivity index (χ2n) is 6.18. The monoisotopic (exact) mass is 258 g/mol. The van der Waals surface area contributed by atoms with Crippen LogP contribution in [0.15, 0.2) is 0 Å². The normalized spacial score (nSPS) is 26.6. The molecule has 1 heterocycles. The Bertz CT molecular complexity index is 220. The van der Waals surface area contributed by atoms with Crippen LogP contribution >= 0.6 is 12.4 Å². The zero-order valence-corrected chi connectivity index (χ0v) is 11.7. The van der Waals surface area contributed by atoms with E-state index in [1.54, 1.807) is 0 Å². The van der Waals surface area contributed by atoms with Gasteiger partial charge in [-0.25, -0.2) is 0 Å². The predicted molar refractivity (Wildman–Crippen MR) is 74.8 cm³/mol. The second-order valence-corrected chi connectivity index (χ2v) is 6.18. The Morgan fingerprint density at radius 2 is 1.41 bits per heavy atom. The van der Waals surface area contributed by atoms with E-state index >= 15 is 0 Å². The molecule has 1 N–H and O–H groups in total. The predicted octanol–water partition coefficient (Wildman–Crippen LogP) is 2.67. The molecule has 2 aliphatic carbocycles. The van der Waals surface area contributed by atoms with E-state index in [0.29, 0.717) is 0 Å². The van der Waals surface area contributed by atoms with Crippen molar-refractivity contribution in [2.75, 3.05) is 26.2 Å². The molecule has 0 spiro atoms. The first kappa shape index (κ1) is 13.6. The molecular formula is C14H27ClN2. The number of hydrogen-bond donors (Lipinski definition) is 1. The van der Waals surface area contributed by atoms with Gasteiger partial charge in [0.25, 0.3) is 0 Å². The first-order chi connectivity index (χ1) is 7.92. The van der Waals surface area contributed by atoms with Crippen LogP contribution in [0.4, 0.5) is 0 Å². The first-order valence-electron chi connectivity index (χ1n) is 7.36. The minimum Gasteiger partial charge on any atom is -0.317 e. The number of nitrogens with zero attached hydrogens (tertiary/aromatic N) is 1. The molecule has 0 aromatic rings. The maximum Gasteiger partial charge on any atom is 0.00955 e. The molecule has 1 aliphatic heterocycles. The lowest BCUT2D eigenvalue weighted by Crippen LogP contribution is -2.45. The number of nitrogens with one attached hydrogen (secondary N) is 1. The molecule has 3 rings (SSSR count). The largest absolute Gasteiger partial charge is 0.317 e. The lowest BCUT2D eigenvalue weighted by Gasteiger charge is -2.40. The van der Waals surface area contributed by atoms with Crippen LogP contribution in [0.3, 0.4) is 0 Å². The molecule has 3 fully saturated rings. The quantitative estimate of drug-likeness (QED) is 0.816. The van der Waals surface area contributed by atoms with Crippen LogP contribution in [0, 0.1) is 11.8 Å². The van der Waals surface area contributed by atoms with Crippen molar-refractivity contribution in [1.82, 2.24) is 10.2 Å². The van der Waals surface area contributed by atoms with Crippen LogP contribution in [0.1, 0.15) is 44.9 Å². The van der Waals surface area contributed by atoms with Crippen molar-refractivity contribution in [3.63, 3.8) is 0 Å². The lowest BCUT2D eigenvalue weighted by atomic mass is 9.89. The molecule has 0 unspecified atom stereocenters. The molecule has 3 aliphatic rings. The molecule has 17 heavy (non-hydrogen) atoms. The highest BCUT2D eigenvalue weighted by Crippen LogP contribution is 2.34. The zero-order chi connectivity index (χ0) is 10.8. The van der Waals surface area contributed by atoms with Gasteiger partial charge in [-0.2, -0.15) is 0 Å². The van der Waals surface area contributed by atoms with E-state index in [2.05, 4.69) is 10.2 Å². The van der Waals surface area contributed by atoms with Gasteiger partial charge in [-0.15, -0.1) is 12.4 Å². The Labute approximate surface area is 112 Å². The second kappa shape index (κ2) is 6.40. The standard InChI is InChI=1S/C14H26N2.ClH/c1-2-14(3-1)16(10-12-4-5-12)11-13-6-8-15-9-7-13;/h12-15H,1-11H2;1H. The van der Waals surface area contributed by atoms with Crippen LogP contribution < -0.4 is 5.32 Å². The van der Waals surface area contributed by atoms with E-state index in [4.69, 9.17) is 0 Å². The van der Waals surface area contributed by atoms with E-state index < -0.39 is 0 Å². The summed E-state index contributed by atoms with van der Waals surface area (Å²) in [5, 5.41) is 3.48. The Balaban J connectivity index is 0.00000108. The van der Waals surface area contributed by atoms with Crippen LogP contribution in [0.5, 0.6) is 0 Å². The Morgan fingerprint density at radius 3 is 1.88 bits per heavy atom. The highest BCUT2D eigenvalue weighted by molar-refractivity contribution is 5.85. The lowest BCUT2D eigenvalue weighted by molar-refractivity contribution is 0.0941. The fraction of sp³-hybridized carbons (Fsp3) is 1.00. The zero-order valence-electron chi connectivity index (χ0n) is 10.9. The van der Waals surface area contributed by atoms with Gasteiger partial charge in [0, 0.05) is 19.1 Å². The van der Waals surface area contributed by atoms with Gasteiger partial charge >= 0.3 is 0 Å². The minimum atomic E-state index is 0. The smallest absolute Gasteiger partial charge is 0.00955 e. The van der Waals surface area contributed by atoms with E-state index in [-0.39, 0.29) is 12.4 Å². The fourth-order valence-corrected chi connectivity index (χ4v) is 3.15. The topological polar surface area (TPSA) is 15.3 Å². The van der Waals surface area contributed by atoms with Crippen molar-refractivity contribution >= 4 is 12.4 Å². The van der Waals surface area contributed by atoms with Crippen LogP contribution in [0.2, 0.25) is 0 Å². The van der Waals surface area contributed by atoms with Crippen molar-refractivity contribution in [3.05, 3.63) is 0 Å². The molecule has 0 radical (unpaired) electrons. The molecule has 100 valence electrons. The molecule has 3 heteroatoms. The van der Waals surface area contributed by atoms with E-state index in [0.717, 1.165) is 17.9 Å². The summed E-state index contributed by atoms with van der Waals surface area (Å²) < 4.78 is 0. The highest BCUT2D eigenvalue weighted by atomic mass is 35.5. The fourth-order valence-electron chi connectivity index (χ4n) is 3.15. The molecule has 0 amide bonds. The summed E-state index contributed by atoms with van der Waals surface area (Å²) in [6, 6.07) is 0.968. The van der Waals surface area contributed by atoms with Crippen LogP contribution in [-0.4, -0.2) is 37.1 Å².